The number of hydrogen-bond acceptors (Lipinski definition) is 4. The molecule has 0 spiro atoms. The topological polar surface area (TPSA) is 62.4 Å². The zero-order valence-corrected chi connectivity index (χ0v) is 17.0. The second kappa shape index (κ2) is 7.44. The van der Waals surface area contributed by atoms with Crippen LogP contribution in [-0.2, 0) is 16.0 Å². The predicted octanol–water partition coefficient (Wildman–Crippen LogP) is 5.13. The third-order valence-corrected chi connectivity index (χ3v) is 4.58. The number of aliphatic imine (C=N–C) groups is 1. The molecule has 3 rings (SSSR count). The van der Waals surface area contributed by atoms with Crippen LogP contribution in [0.4, 0.5) is 0 Å². The van der Waals surface area contributed by atoms with Gasteiger partial charge in [0.2, 0.25) is 5.90 Å². The first kappa shape index (κ1) is 19.6. The van der Waals surface area contributed by atoms with Gasteiger partial charge in [0.1, 0.15) is 6.07 Å². The van der Waals surface area contributed by atoms with Crippen LogP contribution in [0.1, 0.15) is 48.6 Å². The Balaban J connectivity index is 2.27. The number of nitrogens with zero attached hydrogens (tertiary/aromatic N) is 2. The second-order valence-electron chi connectivity index (χ2n) is 8.19. The first-order chi connectivity index (χ1) is 13.2. The number of ether oxygens (including phenoxy) is 1. The van der Waals surface area contributed by atoms with E-state index in [0.29, 0.717) is 11.3 Å². The largest absolute Gasteiger partial charge is 0.407 e. The van der Waals surface area contributed by atoms with Crippen LogP contribution in [0.2, 0.25) is 0 Å². The monoisotopic (exact) mass is 372 g/mol. The Morgan fingerprint density at radius 3 is 2.36 bits per heavy atom. The number of carbonyl (C=O) groups excluding carboxylic acids is 1. The molecule has 4 nitrogen and oxygen atoms in total. The molecule has 0 amide bonds. The molecule has 0 aromatic heterocycles. The van der Waals surface area contributed by atoms with Crippen LogP contribution < -0.4 is 0 Å². The van der Waals surface area contributed by atoms with E-state index < -0.39 is 5.41 Å². The van der Waals surface area contributed by atoms with Gasteiger partial charge in [0.15, 0.2) is 0 Å². The highest BCUT2D eigenvalue weighted by Gasteiger charge is 2.28. The van der Waals surface area contributed by atoms with Gasteiger partial charge in [-0.15, -0.1) is 0 Å². The van der Waals surface area contributed by atoms with Crippen LogP contribution in [0.3, 0.4) is 0 Å². The molecule has 2 aromatic rings. The fourth-order valence-corrected chi connectivity index (χ4v) is 3.39. The Labute approximate surface area is 166 Å². The highest BCUT2D eigenvalue weighted by molar-refractivity contribution is 6.06. The lowest BCUT2D eigenvalue weighted by Crippen LogP contribution is -2.25. The standard InChI is InChI=1S/C24H24N2O2/c1-15-10-16(2)12-18(11-15)20(14-25)22(24(3,4)5)26-23-19-9-7-6-8-17(19)13-21(27)28-23/h6-12H,13H2,1-5H3/b22-20-,26-23?. The van der Waals surface area contributed by atoms with Gasteiger partial charge in [-0.2, -0.15) is 5.26 Å². The minimum atomic E-state index is -0.422. The second-order valence-corrected chi connectivity index (χ2v) is 8.19. The van der Waals surface area contributed by atoms with E-state index in [0.717, 1.165) is 27.8 Å². The first-order valence-electron chi connectivity index (χ1n) is 9.30. The molecular formula is C24H24N2O2. The zero-order valence-electron chi connectivity index (χ0n) is 17.0. The van der Waals surface area contributed by atoms with Crippen molar-refractivity contribution >= 4 is 17.4 Å². The SMILES string of the molecule is Cc1cc(C)cc(/C(C#N)=C(\N=C2OC(=O)Cc3ccccc32)C(C)(C)C)c1. The third-order valence-electron chi connectivity index (χ3n) is 4.58. The maximum Gasteiger partial charge on any atom is 0.317 e. The molecule has 0 aliphatic carbocycles. The number of aryl methyl sites for hydroxylation is 2. The normalized spacial score (nSPS) is 16.1. The smallest absolute Gasteiger partial charge is 0.317 e. The van der Waals surface area contributed by atoms with Crippen LogP contribution in [0.5, 0.6) is 0 Å². The number of esters is 1. The van der Waals surface area contributed by atoms with Crippen LogP contribution in [-0.4, -0.2) is 11.9 Å². The molecule has 0 radical (unpaired) electrons. The highest BCUT2D eigenvalue weighted by atomic mass is 16.5. The van der Waals surface area contributed by atoms with Crippen molar-refractivity contribution in [3.05, 3.63) is 76.0 Å². The van der Waals surface area contributed by atoms with E-state index in [-0.39, 0.29) is 18.3 Å². The number of cyclic esters (lactones) is 1. The minimum Gasteiger partial charge on any atom is -0.407 e. The predicted molar refractivity (Wildman–Crippen MR) is 111 cm³/mol. The summed E-state index contributed by atoms with van der Waals surface area (Å²) in [5, 5.41) is 9.99. The van der Waals surface area contributed by atoms with E-state index in [1.165, 1.54) is 0 Å². The number of allylic oxidation sites excluding steroid dienone is 2. The van der Waals surface area contributed by atoms with Gasteiger partial charge in [0.05, 0.1) is 17.7 Å². The van der Waals surface area contributed by atoms with E-state index in [1.54, 1.807) is 0 Å². The molecule has 0 fully saturated rings. The van der Waals surface area contributed by atoms with Crippen molar-refractivity contribution in [1.82, 2.24) is 0 Å². The Hall–Kier alpha value is -3.19. The lowest BCUT2D eigenvalue weighted by molar-refractivity contribution is -0.135. The van der Waals surface area contributed by atoms with Gasteiger partial charge in [-0.1, -0.05) is 68.3 Å². The third kappa shape index (κ3) is 4.04. The molecule has 0 saturated carbocycles. The maximum atomic E-state index is 12.1. The Morgan fingerprint density at radius 1 is 1.11 bits per heavy atom. The highest BCUT2D eigenvalue weighted by Crippen LogP contribution is 2.35. The van der Waals surface area contributed by atoms with Crippen molar-refractivity contribution in [1.29, 1.82) is 5.26 Å². The Morgan fingerprint density at radius 2 is 1.75 bits per heavy atom. The molecular weight excluding hydrogens is 348 g/mol. The molecule has 0 saturated heterocycles. The molecule has 1 aliphatic heterocycles. The van der Waals surface area contributed by atoms with E-state index in [9.17, 15) is 10.1 Å². The Kier molecular flexibility index (Phi) is 5.20. The summed E-state index contributed by atoms with van der Waals surface area (Å²) in [5.74, 6) is -0.0792. The van der Waals surface area contributed by atoms with Crippen LogP contribution in [0, 0.1) is 30.6 Å². The molecule has 0 bridgehead atoms. The van der Waals surface area contributed by atoms with E-state index in [2.05, 4.69) is 12.1 Å². The summed E-state index contributed by atoms with van der Waals surface area (Å²) in [6, 6.07) is 16.0. The summed E-state index contributed by atoms with van der Waals surface area (Å²) in [5.41, 5.74) is 5.33. The Bertz CT molecular complexity index is 1030. The average molecular weight is 372 g/mol. The molecule has 1 heterocycles. The fraction of sp³-hybridized carbons (Fsp3) is 0.292. The summed E-state index contributed by atoms with van der Waals surface area (Å²) < 4.78 is 5.48. The van der Waals surface area contributed by atoms with E-state index in [4.69, 9.17) is 9.73 Å². The number of hydrogen-bond donors (Lipinski definition) is 0. The molecule has 1 aliphatic rings. The van der Waals surface area contributed by atoms with Gasteiger partial charge >= 0.3 is 5.97 Å². The molecule has 0 unspecified atom stereocenters. The van der Waals surface area contributed by atoms with Crippen LogP contribution >= 0.6 is 0 Å². The van der Waals surface area contributed by atoms with Gasteiger partial charge in [-0.25, -0.2) is 4.99 Å². The summed E-state index contributed by atoms with van der Waals surface area (Å²) in [7, 11) is 0. The molecule has 2 aromatic carbocycles. The van der Waals surface area contributed by atoms with Gasteiger partial charge in [-0.05, 0) is 31.0 Å². The summed E-state index contributed by atoms with van der Waals surface area (Å²) in [6.45, 7) is 10.0. The van der Waals surface area contributed by atoms with Crippen LogP contribution in [0.25, 0.3) is 5.57 Å². The van der Waals surface area contributed by atoms with E-state index >= 15 is 0 Å². The lowest BCUT2D eigenvalue weighted by Gasteiger charge is -2.24. The molecule has 0 atom stereocenters. The van der Waals surface area contributed by atoms with Crippen molar-refractivity contribution in [2.45, 2.75) is 41.0 Å². The minimum absolute atomic E-state index is 0.228. The van der Waals surface area contributed by atoms with Gasteiger partial charge in [-0.3, -0.25) is 4.79 Å². The quantitative estimate of drug-likeness (QED) is 0.542. The van der Waals surface area contributed by atoms with Gasteiger partial charge in [0.25, 0.3) is 0 Å². The van der Waals surface area contributed by atoms with Crippen molar-refractivity contribution in [2.24, 2.45) is 10.4 Å². The van der Waals surface area contributed by atoms with Gasteiger partial charge in [0, 0.05) is 11.0 Å². The molecule has 4 heteroatoms. The first-order valence-corrected chi connectivity index (χ1v) is 9.30. The number of fused-ring (bicyclic) bond motifs is 1. The number of benzene rings is 2. The number of nitriles is 1. The van der Waals surface area contributed by atoms with E-state index in [1.807, 2.05) is 71.0 Å². The van der Waals surface area contributed by atoms with Crippen molar-refractivity contribution in [3.8, 4) is 6.07 Å². The number of rotatable bonds is 2. The molecule has 28 heavy (non-hydrogen) atoms. The molecule has 0 N–H and O–H groups in total. The average Bonchev–Trinajstić information content (AvgIpc) is 2.59. The summed E-state index contributed by atoms with van der Waals surface area (Å²) >= 11 is 0. The van der Waals surface area contributed by atoms with Crippen molar-refractivity contribution in [3.63, 3.8) is 0 Å². The zero-order chi connectivity index (χ0) is 20.5. The summed E-state index contributed by atoms with van der Waals surface area (Å²) in [4.78, 5) is 16.8. The fourth-order valence-electron chi connectivity index (χ4n) is 3.39. The van der Waals surface area contributed by atoms with Crippen LogP contribution in [0.15, 0.2) is 53.2 Å². The number of carbonyl (C=O) groups is 1. The van der Waals surface area contributed by atoms with Crippen molar-refractivity contribution < 1.29 is 9.53 Å². The lowest BCUT2D eigenvalue weighted by atomic mass is 9.86. The van der Waals surface area contributed by atoms with Crippen molar-refractivity contribution in [2.75, 3.05) is 0 Å². The summed E-state index contributed by atoms with van der Waals surface area (Å²) in [6.07, 6.45) is 0.228. The van der Waals surface area contributed by atoms with Gasteiger partial charge < -0.3 is 4.74 Å². The molecule has 142 valence electrons. The maximum absolute atomic E-state index is 12.1.